The van der Waals surface area contributed by atoms with Crippen LogP contribution < -0.4 is 4.90 Å². The molecule has 0 unspecified atom stereocenters. The van der Waals surface area contributed by atoms with Gasteiger partial charge in [0.25, 0.3) is 0 Å². The summed E-state index contributed by atoms with van der Waals surface area (Å²) in [4.78, 5) is 4.76. The van der Waals surface area contributed by atoms with Gasteiger partial charge in [-0.25, -0.2) is 0 Å². The van der Waals surface area contributed by atoms with Crippen LogP contribution in [0.25, 0.3) is 0 Å². The van der Waals surface area contributed by atoms with E-state index in [1.54, 1.807) is 0 Å². The summed E-state index contributed by atoms with van der Waals surface area (Å²) in [5.41, 5.74) is 5.28. The van der Waals surface area contributed by atoms with Gasteiger partial charge in [-0.15, -0.1) is 5.10 Å². The third-order valence-electron chi connectivity index (χ3n) is 6.02. The fraction of sp³-hybridized carbons (Fsp3) is 0.632. The number of likely N-dealkylation sites (N-methyl/N-ethyl adjacent to an activating group) is 1. The van der Waals surface area contributed by atoms with Crippen molar-refractivity contribution in [1.29, 1.82) is 0 Å². The molecule has 1 saturated carbocycles. The van der Waals surface area contributed by atoms with Crippen LogP contribution in [0.15, 0.2) is 12.1 Å². The number of anilines is 1. The average Bonchev–Trinajstić information content (AvgIpc) is 3.37. The lowest BCUT2D eigenvalue weighted by Crippen LogP contribution is -2.58. The molecule has 1 aliphatic heterocycles. The molecular formula is C19H26N6. The number of aromatic nitrogens is 4. The molecule has 0 radical (unpaired) electrons. The predicted molar refractivity (Wildman–Crippen MR) is 96.7 cm³/mol. The Balaban J connectivity index is 1.18. The maximum atomic E-state index is 4.59. The Kier molecular flexibility index (Phi) is 3.73. The molecule has 2 aromatic heterocycles. The Morgan fingerprint density at radius 2 is 2.00 bits per heavy atom. The van der Waals surface area contributed by atoms with E-state index < -0.39 is 0 Å². The van der Waals surface area contributed by atoms with Crippen LogP contribution in [0.4, 0.5) is 5.82 Å². The third kappa shape index (κ3) is 2.92. The van der Waals surface area contributed by atoms with Crippen molar-refractivity contribution >= 4 is 5.82 Å². The summed E-state index contributed by atoms with van der Waals surface area (Å²) in [6, 6.07) is 4.87. The maximum absolute atomic E-state index is 4.59. The van der Waals surface area contributed by atoms with Crippen molar-refractivity contribution in [1.82, 2.24) is 25.3 Å². The second-order valence-corrected chi connectivity index (χ2v) is 7.90. The highest BCUT2D eigenvalue weighted by molar-refractivity contribution is 5.42. The molecule has 132 valence electrons. The predicted octanol–water partition coefficient (Wildman–Crippen LogP) is 2.28. The average molecular weight is 338 g/mol. The molecule has 0 atom stereocenters. The van der Waals surface area contributed by atoms with Crippen LogP contribution in [-0.2, 0) is 19.4 Å². The number of nitrogens with zero attached hydrogens (tertiary/aromatic N) is 5. The third-order valence-corrected chi connectivity index (χ3v) is 6.02. The highest BCUT2D eigenvalue weighted by Gasteiger charge is 2.32. The normalized spacial score (nSPS) is 20.6. The molecular weight excluding hydrogens is 312 g/mol. The number of hydrogen-bond donors (Lipinski definition) is 1. The van der Waals surface area contributed by atoms with E-state index in [0.29, 0.717) is 12.0 Å². The second kappa shape index (κ2) is 6.09. The molecule has 2 fully saturated rings. The molecule has 1 N–H and O–H groups in total. The summed E-state index contributed by atoms with van der Waals surface area (Å²) in [7, 11) is 2.22. The van der Waals surface area contributed by atoms with Crippen LogP contribution in [0.3, 0.4) is 0 Å². The monoisotopic (exact) mass is 338 g/mol. The Bertz CT molecular complexity index is 742. The van der Waals surface area contributed by atoms with E-state index in [2.05, 4.69) is 49.4 Å². The Morgan fingerprint density at radius 1 is 1.16 bits per heavy atom. The number of fused-ring (bicyclic) bond motifs is 1. The van der Waals surface area contributed by atoms with Crippen molar-refractivity contribution in [3.8, 4) is 0 Å². The molecule has 0 spiro atoms. The lowest BCUT2D eigenvalue weighted by atomic mass is 9.95. The minimum atomic E-state index is 0.570. The molecule has 5 rings (SSSR count). The van der Waals surface area contributed by atoms with Gasteiger partial charge in [-0.1, -0.05) is 0 Å². The molecule has 0 aromatic carbocycles. The standard InChI is InChI=1S/C19H26N6/c1-24(12-18-15-4-2-3-5-17(15)21-22-18)14-10-25(11-14)19-9-8-16(20-23-19)13-6-7-13/h8-9,13-14H,2-7,10-12H2,1H3,(H,21,22). The summed E-state index contributed by atoms with van der Waals surface area (Å²) >= 11 is 0. The summed E-state index contributed by atoms with van der Waals surface area (Å²) in [6.45, 7) is 3.00. The first kappa shape index (κ1) is 15.3. The van der Waals surface area contributed by atoms with E-state index in [1.807, 2.05) is 0 Å². The van der Waals surface area contributed by atoms with E-state index in [1.165, 1.54) is 61.2 Å². The van der Waals surface area contributed by atoms with Gasteiger partial charge in [0.2, 0.25) is 0 Å². The number of nitrogens with one attached hydrogen (secondary N) is 1. The van der Waals surface area contributed by atoms with E-state index in [9.17, 15) is 0 Å². The van der Waals surface area contributed by atoms with Gasteiger partial charge in [-0.2, -0.15) is 10.2 Å². The lowest BCUT2D eigenvalue weighted by Gasteiger charge is -2.44. The molecule has 25 heavy (non-hydrogen) atoms. The molecule has 2 aliphatic carbocycles. The van der Waals surface area contributed by atoms with Crippen LogP contribution in [0, 0.1) is 0 Å². The molecule has 1 saturated heterocycles. The zero-order valence-electron chi connectivity index (χ0n) is 14.9. The first-order valence-electron chi connectivity index (χ1n) is 9.62. The van der Waals surface area contributed by atoms with Crippen LogP contribution in [-0.4, -0.2) is 51.5 Å². The van der Waals surface area contributed by atoms with Gasteiger partial charge in [-0.3, -0.25) is 10.00 Å². The van der Waals surface area contributed by atoms with Gasteiger partial charge in [0.05, 0.1) is 11.4 Å². The van der Waals surface area contributed by atoms with Gasteiger partial charge < -0.3 is 4.90 Å². The molecule has 2 aromatic rings. The van der Waals surface area contributed by atoms with Crippen LogP contribution >= 0.6 is 0 Å². The fourth-order valence-corrected chi connectivity index (χ4v) is 4.07. The number of aromatic amines is 1. The van der Waals surface area contributed by atoms with Crippen LogP contribution in [0.5, 0.6) is 0 Å². The zero-order chi connectivity index (χ0) is 16.8. The first-order valence-corrected chi connectivity index (χ1v) is 9.62. The van der Waals surface area contributed by atoms with Gasteiger partial charge in [0, 0.05) is 37.3 Å². The zero-order valence-corrected chi connectivity index (χ0v) is 14.9. The van der Waals surface area contributed by atoms with Crippen molar-refractivity contribution in [2.75, 3.05) is 25.0 Å². The Labute approximate surface area is 148 Å². The number of H-pyrrole nitrogens is 1. The van der Waals surface area contributed by atoms with E-state index in [-0.39, 0.29) is 0 Å². The Hall–Kier alpha value is -1.95. The minimum Gasteiger partial charge on any atom is -0.352 e. The van der Waals surface area contributed by atoms with Crippen LogP contribution in [0.2, 0.25) is 0 Å². The molecule has 3 aliphatic rings. The van der Waals surface area contributed by atoms with Crippen molar-refractivity contribution in [2.45, 2.75) is 57.0 Å². The molecule has 6 nitrogen and oxygen atoms in total. The molecule has 3 heterocycles. The highest BCUT2D eigenvalue weighted by atomic mass is 15.4. The quantitative estimate of drug-likeness (QED) is 0.906. The summed E-state index contributed by atoms with van der Waals surface area (Å²) in [5.74, 6) is 1.70. The highest BCUT2D eigenvalue weighted by Crippen LogP contribution is 2.39. The van der Waals surface area contributed by atoms with E-state index in [0.717, 1.165) is 25.5 Å². The van der Waals surface area contributed by atoms with Crippen LogP contribution in [0.1, 0.15) is 54.2 Å². The SMILES string of the molecule is CN(Cc1n[nH]c2c1CCCC2)C1CN(c2ccc(C3CC3)nn2)C1. The van der Waals surface area contributed by atoms with Gasteiger partial charge in [0.1, 0.15) is 0 Å². The van der Waals surface area contributed by atoms with Gasteiger partial charge in [0.15, 0.2) is 5.82 Å². The molecule has 6 heteroatoms. The number of aryl methyl sites for hydroxylation is 1. The van der Waals surface area contributed by atoms with Gasteiger partial charge >= 0.3 is 0 Å². The summed E-state index contributed by atoms with van der Waals surface area (Å²) in [6.07, 6.45) is 7.51. The van der Waals surface area contributed by atoms with Crippen molar-refractivity contribution in [3.05, 3.63) is 34.8 Å². The van der Waals surface area contributed by atoms with E-state index >= 15 is 0 Å². The number of rotatable bonds is 5. The largest absolute Gasteiger partial charge is 0.352 e. The molecule has 0 bridgehead atoms. The topological polar surface area (TPSA) is 60.9 Å². The summed E-state index contributed by atoms with van der Waals surface area (Å²) in [5, 5.41) is 16.7. The number of hydrogen-bond acceptors (Lipinski definition) is 5. The van der Waals surface area contributed by atoms with E-state index in [4.69, 9.17) is 0 Å². The van der Waals surface area contributed by atoms with Crippen molar-refractivity contribution in [3.63, 3.8) is 0 Å². The lowest BCUT2D eigenvalue weighted by molar-refractivity contribution is 0.194. The fourth-order valence-electron chi connectivity index (χ4n) is 4.07. The maximum Gasteiger partial charge on any atom is 0.151 e. The van der Waals surface area contributed by atoms with Gasteiger partial charge in [-0.05, 0) is 63.3 Å². The minimum absolute atomic E-state index is 0.570. The van der Waals surface area contributed by atoms with Crippen molar-refractivity contribution < 1.29 is 0 Å². The Morgan fingerprint density at radius 3 is 2.76 bits per heavy atom. The first-order chi connectivity index (χ1) is 12.3. The van der Waals surface area contributed by atoms with Crippen molar-refractivity contribution in [2.24, 2.45) is 0 Å². The molecule has 0 amide bonds. The second-order valence-electron chi connectivity index (χ2n) is 7.90. The summed E-state index contributed by atoms with van der Waals surface area (Å²) < 4.78 is 0. The smallest absolute Gasteiger partial charge is 0.151 e.